The second-order valence-electron chi connectivity index (χ2n) is 7.26. The zero-order chi connectivity index (χ0) is 12.3. The predicted octanol–water partition coefficient (Wildman–Crippen LogP) is 1.97. The second-order valence-corrected chi connectivity index (χ2v) is 7.26. The van der Waals surface area contributed by atoms with Gasteiger partial charge < -0.3 is 15.6 Å². The van der Waals surface area contributed by atoms with Gasteiger partial charge in [0, 0.05) is 0 Å². The number of rotatable bonds is 1. The summed E-state index contributed by atoms with van der Waals surface area (Å²) >= 11 is 0. The van der Waals surface area contributed by atoms with Crippen molar-refractivity contribution in [1.29, 1.82) is 0 Å². The molecule has 3 heteroatoms. The Morgan fingerprint density at radius 2 is 1.76 bits per heavy atom. The molecule has 0 spiro atoms. The van der Waals surface area contributed by atoms with Crippen LogP contribution in [0.1, 0.15) is 58.8 Å². The van der Waals surface area contributed by atoms with Crippen LogP contribution < -0.4 is 5.73 Å². The minimum atomic E-state index is -0.692. The molecule has 3 atom stereocenters. The van der Waals surface area contributed by atoms with Crippen molar-refractivity contribution in [3.05, 3.63) is 0 Å². The molecule has 1 aliphatic carbocycles. The maximum Gasteiger partial charge on any atom is 0.0853 e. The maximum atomic E-state index is 11.0. The van der Waals surface area contributed by atoms with Gasteiger partial charge in [-0.2, -0.15) is 0 Å². The summed E-state index contributed by atoms with van der Waals surface area (Å²) < 4.78 is 5.87. The molecule has 3 nitrogen and oxygen atoms in total. The molecule has 0 amide bonds. The van der Waals surface area contributed by atoms with E-state index >= 15 is 0 Å². The van der Waals surface area contributed by atoms with Gasteiger partial charge in [-0.05, 0) is 50.4 Å². The Morgan fingerprint density at radius 1 is 1.12 bits per heavy atom. The first-order chi connectivity index (χ1) is 7.85. The minimum absolute atomic E-state index is 0.0960. The molecule has 0 radical (unpaired) electrons. The van der Waals surface area contributed by atoms with E-state index in [4.69, 9.17) is 10.5 Å². The predicted molar refractivity (Wildman–Crippen MR) is 66.6 cm³/mol. The third-order valence-electron chi connectivity index (χ3n) is 5.54. The molecule has 2 saturated heterocycles. The van der Waals surface area contributed by atoms with Gasteiger partial charge in [0.2, 0.25) is 0 Å². The van der Waals surface area contributed by atoms with Gasteiger partial charge in [-0.3, -0.25) is 0 Å². The highest BCUT2D eigenvalue weighted by Gasteiger charge is 2.61. The van der Waals surface area contributed by atoms with Crippen LogP contribution in [0.3, 0.4) is 0 Å². The molecule has 3 rings (SSSR count). The van der Waals surface area contributed by atoms with Crippen LogP contribution in [0.5, 0.6) is 0 Å². The Labute approximate surface area is 104 Å². The molecule has 1 saturated carbocycles. The van der Waals surface area contributed by atoms with Crippen molar-refractivity contribution < 1.29 is 9.84 Å². The summed E-state index contributed by atoms with van der Waals surface area (Å²) in [5, 5.41) is 11.0. The van der Waals surface area contributed by atoms with Crippen molar-refractivity contribution in [3.8, 4) is 0 Å². The molecule has 2 bridgehead atoms. The Hall–Kier alpha value is -0.120. The van der Waals surface area contributed by atoms with E-state index in [-0.39, 0.29) is 6.10 Å². The van der Waals surface area contributed by atoms with Crippen LogP contribution in [0.4, 0.5) is 0 Å². The zero-order valence-corrected chi connectivity index (χ0v) is 11.0. The fourth-order valence-electron chi connectivity index (χ4n) is 4.04. The monoisotopic (exact) mass is 239 g/mol. The van der Waals surface area contributed by atoms with Gasteiger partial charge in [0.1, 0.15) is 0 Å². The lowest BCUT2D eigenvalue weighted by atomic mass is 9.60. The van der Waals surface area contributed by atoms with Gasteiger partial charge in [0.25, 0.3) is 0 Å². The van der Waals surface area contributed by atoms with Crippen LogP contribution in [-0.2, 0) is 4.74 Å². The van der Waals surface area contributed by atoms with E-state index < -0.39 is 11.1 Å². The van der Waals surface area contributed by atoms with Gasteiger partial charge in [-0.1, -0.05) is 13.8 Å². The van der Waals surface area contributed by atoms with Gasteiger partial charge in [0.15, 0.2) is 0 Å². The lowest BCUT2D eigenvalue weighted by molar-refractivity contribution is -0.104. The van der Waals surface area contributed by atoms with Crippen molar-refractivity contribution in [2.45, 2.75) is 82.1 Å². The van der Waals surface area contributed by atoms with E-state index in [9.17, 15) is 5.11 Å². The quantitative estimate of drug-likeness (QED) is 0.735. The zero-order valence-electron chi connectivity index (χ0n) is 11.0. The van der Waals surface area contributed by atoms with Gasteiger partial charge in [0.05, 0.1) is 23.3 Å². The summed E-state index contributed by atoms with van der Waals surface area (Å²) in [5.41, 5.74) is 5.76. The van der Waals surface area contributed by atoms with Crippen LogP contribution in [-0.4, -0.2) is 28.5 Å². The normalized spacial score (nSPS) is 47.3. The lowest BCUT2D eigenvalue weighted by Crippen LogP contribution is -2.67. The van der Waals surface area contributed by atoms with Crippen LogP contribution in [0, 0.1) is 5.41 Å². The summed E-state index contributed by atoms with van der Waals surface area (Å²) in [6.45, 7) is 4.57. The van der Waals surface area contributed by atoms with Crippen LogP contribution in [0.25, 0.3) is 0 Å². The Balaban J connectivity index is 1.80. The van der Waals surface area contributed by atoms with Crippen molar-refractivity contribution in [3.63, 3.8) is 0 Å². The van der Waals surface area contributed by atoms with E-state index in [0.717, 1.165) is 44.9 Å². The molecule has 2 aliphatic heterocycles. The van der Waals surface area contributed by atoms with E-state index in [1.807, 2.05) is 0 Å². The summed E-state index contributed by atoms with van der Waals surface area (Å²) in [6, 6.07) is 0. The topological polar surface area (TPSA) is 55.5 Å². The van der Waals surface area contributed by atoms with Gasteiger partial charge >= 0.3 is 0 Å². The number of ether oxygens (including phenoxy) is 1. The van der Waals surface area contributed by atoms with Crippen LogP contribution in [0.2, 0.25) is 0 Å². The Kier molecular flexibility index (Phi) is 2.43. The molecule has 98 valence electrons. The number of aliphatic hydroxyl groups is 1. The Bertz CT molecular complexity index is 318. The average Bonchev–Trinajstić information content (AvgIpc) is 2.83. The van der Waals surface area contributed by atoms with Gasteiger partial charge in [-0.15, -0.1) is 0 Å². The largest absolute Gasteiger partial charge is 0.388 e. The lowest BCUT2D eigenvalue weighted by Gasteiger charge is -2.51. The number of nitrogens with two attached hydrogens (primary N) is 1. The first-order valence-electron chi connectivity index (χ1n) is 7.01. The molecular weight excluding hydrogens is 214 g/mol. The van der Waals surface area contributed by atoms with E-state index in [1.165, 1.54) is 0 Å². The second kappa shape index (κ2) is 3.46. The third-order valence-corrected chi connectivity index (χ3v) is 5.54. The minimum Gasteiger partial charge on any atom is -0.388 e. The molecule has 3 fully saturated rings. The highest BCUT2D eigenvalue weighted by Crippen LogP contribution is 2.52. The first-order valence-corrected chi connectivity index (χ1v) is 7.01. The smallest absolute Gasteiger partial charge is 0.0853 e. The van der Waals surface area contributed by atoms with Crippen molar-refractivity contribution in [2.24, 2.45) is 11.1 Å². The van der Waals surface area contributed by atoms with Crippen LogP contribution in [0.15, 0.2) is 0 Å². The molecular formula is C14H25NO2. The number of hydrogen-bond acceptors (Lipinski definition) is 3. The van der Waals surface area contributed by atoms with E-state index in [0.29, 0.717) is 11.5 Å². The summed E-state index contributed by atoms with van der Waals surface area (Å²) in [6.07, 6.45) is 7.24. The van der Waals surface area contributed by atoms with Crippen LogP contribution >= 0.6 is 0 Å². The highest BCUT2D eigenvalue weighted by atomic mass is 16.5. The fourth-order valence-corrected chi connectivity index (χ4v) is 4.04. The van der Waals surface area contributed by atoms with Crippen molar-refractivity contribution in [1.82, 2.24) is 0 Å². The summed E-state index contributed by atoms with van der Waals surface area (Å²) in [5.74, 6) is 0. The van der Waals surface area contributed by atoms with Crippen molar-refractivity contribution in [2.75, 3.05) is 0 Å². The molecule has 3 unspecified atom stereocenters. The molecule has 3 N–H and O–H groups in total. The SMILES string of the molecule is CC1(C)CCC(O)(C2(N)CC3CCC2O3)CC1. The average molecular weight is 239 g/mol. The van der Waals surface area contributed by atoms with E-state index in [2.05, 4.69) is 13.8 Å². The third kappa shape index (κ3) is 1.66. The first kappa shape index (κ1) is 11.9. The van der Waals surface area contributed by atoms with E-state index in [1.54, 1.807) is 0 Å². The van der Waals surface area contributed by atoms with Crippen molar-refractivity contribution >= 4 is 0 Å². The number of fused-ring (bicyclic) bond motifs is 2. The fraction of sp³-hybridized carbons (Fsp3) is 1.00. The van der Waals surface area contributed by atoms with Gasteiger partial charge in [-0.25, -0.2) is 0 Å². The molecule has 0 aromatic carbocycles. The Morgan fingerprint density at radius 3 is 2.24 bits per heavy atom. The number of hydrogen-bond donors (Lipinski definition) is 2. The molecule has 17 heavy (non-hydrogen) atoms. The molecule has 0 aromatic rings. The molecule has 0 aromatic heterocycles. The molecule has 3 aliphatic rings. The molecule has 2 heterocycles. The summed E-state index contributed by atoms with van der Waals surface area (Å²) in [4.78, 5) is 0. The maximum absolute atomic E-state index is 11.0. The standard InChI is InChI=1S/C14H25NO2/c1-12(2)5-7-13(16,8-6-12)14(15)9-10-3-4-11(14)17-10/h10-11,16H,3-9,15H2,1-2H3. The summed E-state index contributed by atoms with van der Waals surface area (Å²) in [7, 11) is 0. The highest BCUT2D eigenvalue weighted by molar-refractivity contribution is 5.16.